The SMILES string of the molecule is O=C(NC12CCC(CC1)CC2)c1cc(C(=O)NC23CCC(CC2)CC3)nc(C(=O)NC23CCC(CC2)CC3)c1. The Morgan fingerprint density at radius 2 is 0.795 bits per heavy atom. The molecular weight excluding hydrogens is 488 g/mol. The van der Waals surface area contributed by atoms with Gasteiger partial charge in [0.1, 0.15) is 11.4 Å². The van der Waals surface area contributed by atoms with Gasteiger partial charge >= 0.3 is 0 Å². The van der Waals surface area contributed by atoms with Gasteiger partial charge in [-0.15, -0.1) is 0 Å². The number of amides is 3. The van der Waals surface area contributed by atoms with E-state index in [-0.39, 0.29) is 45.7 Å². The van der Waals surface area contributed by atoms with E-state index in [4.69, 9.17) is 0 Å². The van der Waals surface area contributed by atoms with Crippen LogP contribution in [-0.2, 0) is 0 Å². The first-order valence-corrected chi connectivity index (χ1v) is 15.8. The van der Waals surface area contributed by atoms with Crippen LogP contribution in [0.1, 0.15) is 147 Å². The van der Waals surface area contributed by atoms with Crippen molar-refractivity contribution in [2.75, 3.05) is 0 Å². The van der Waals surface area contributed by atoms with Crippen molar-refractivity contribution in [3.8, 4) is 0 Å². The minimum Gasteiger partial charge on any atom is -0.347 e. The van der Waals surface area contributed by atoms with Gasteiger partial charge in [-0.1, -0.05) is 0 Å². The Hall–Kier alpha value is -2.44. The predicted molar refractivity (Wildman–Crippen MR) is 148 cm³/mol. The second-order valence-corrected chi connectivity index (χ2v) is 14.3. The summed E-state index contributed by atoms with van der Waals surface area (Å²) in [6.45, 7) is 0. The van der Waals surface area contributed by atoms with Crippen molar-refractivity contribution in [1.82, 2.24) is 20.9 Å². The normalized spacial score (nSPS) is 38.3. The van der Waals surface area contributed by atoms with Gasteiger partial charge in [0.2, 0.25) is 0 Å². The topological polar surface area (TPSA) is 100 Å². The summed E-state index contributed by atoms with van der Waals surface area (Å²) >= 11 is 0. The monoisotopic (exact) mass is 532 g/mol. The lowest BCUT2D eigenvalue weighted by Gasteiger charge is -2.47. The molecule has 9 aliphatic carbocycles. The number of nitrogens with one attached hydrogen (secondary N) is 3. The summed E-state index contributed by atoms with van der Waals surface area (Å²) in [5.74, 6) is 1.70. The molecule has 0 aromatic carbocycles. The molecule has 39 heavy (non-hydrogen) atoms. The van der Waals surface area contributed by atoms with E-state index in [0.29, 0.717) is 5.56 Å². The third-order valence-corrected chi connectivity index (χ3v) is 12.0. The Bertz CT molecular complexity index is 958. The highest BCUT2D eigenvalue weighted by atomic mass is 16.2. The van der Waals surface area contributed by atoms with Crippen molar-refractivity contribution in [3.05, 3.63) is 29.1 Å². The van der Waals surface area contributed by atoms with E-state index in [2.05, 4.69) is 20.9 Å². The first-order chi connectivity index (χ1) is 18.8. The molecule has 0 aliphatic heterocycles. The second kappa shape index (κ2) is 9.59. The zero-order valence-corrected chi connectivity index (χ0v) is 23.3. The molecule has 9 aliphatic rings. The van der Waals surface area contributed by atoms with Crippen molar-refractivity contribution < 1.29 is 14.4 Å². The van der Waals surface area contributed by atoms with Gasteiger partial charge in [0, 0.05) is 22.2 Å². The molecule has 1 aromatic rings. The number of carbonyl (C=O) groups is 3. The molecule has 210 valence electrons. The molecule has 3 N–H and O–H groups in total. The Balaban J connectivity index is 1.16. The van der Waals surface area contributed by atoms with E-state index in [1.54, 1.807) is 12.1 Å². The van der Waals surface area contributed by atoms with E-state index in [1.807, 2.05) is 0 Å². The molecular formula is C32H44N4O3. The summed E-state index contributed by atoms with van der Waals surface area (Å²) in [4.78, 5) is 45.5. The molecule has 6 bridgehead atoms. The van der Waals surface area contributed by atoms with Crippen LogP contribution in [0.3, 0.4) is 0 Å². The fourth-order valence-electron chi connectivity index (χ4n) is 9.13. The maximum absolute atomic E-state index is 13.7. The molecule has 1 aromatic heterocycles. The van der Waals surface area contributed by atoms with Gasteiger partial charge in [-0.05, 0) is 145 Å². The van der Waals surface area contributed by atoms with Crippen LogP contribution in [-0.4, -0.2) is 39.3 Å². The number of pyridine rings is 1. The highest BCUT2D eigenvalue weighted by Gasteiger charge is 2.44. The summed E-state index contributed by atoms with van der Waals surface area (Å²) in [6, 6.07) is 3.23. The fraction of sp³-hybridized carbons (Fsp3) is 0.750. The molecule has 10 rings (SSSR count). The van der Waals surface area contributed by atoms with Crippen LogP contribution >= 0.6 is 0 Å². The van der Waals surface area contributed by atoms with Gasteiger partial charge in [-0.2, -0.15) is 0 Å². The van der Waals surface area contributed by atoms with E-state index < -0.39 is 0 Å². The Labute approximate surface area is 232 Å². The lowest BCUT2D eigenvalue weighted by atomic mass is 9.65. The number of aromatic nitrogens is 1. The van der Waals surface area contributed by atoms with Crippen molar-refractivity contribution in [2.24, 2.45) is 17.8 Å². The second-order valence-electron chi connectivity index (χ2n) is 14.3. The van der Waals surface area contributed by atoms with Crippen LogP contribution in [0.2, 0.25) is 0 Å². The van der Waals surface area contributed by atoms with Crippen molar-refractivity contribution in [1.29, 1.82) is 0 Å². The number of rotatable bonds is 6. The van der Waals surface area contributed by atoms with Crippen molar-refractivity contribution in [3.63, 3.8) is 0 Å². The smallest absolute Gasteiger partial charge is 0.270 e. The predicted octanol–water partition coefficient (Wildman–Crippen LogP) is 5.44. The van der Waals surface area contributed by atoms with Crippen LogP contribution in [0.25, 0.3) is 0 Å². The summed E-state index contributed by atoms with van der Waals surface area (Å²) in [7, 11) is 0. The number of carbonyl (C=O) groups excluding carboxylic acids is 3. The van der Waals surface area contributed by atoms with Crippen molar-refractivity contribution in [2.45, 2.75) is 132 Å². The fourth-order valence-corrected chi connectivity index (χ4v) is 9.13. The highest BCUT2D eigenvalue weighted by molar-refractivity contribution is 6.02. The summed E-state index contributed by atoms with van der Waals surface area (Å²) in [5.41, 5.74) is 0.242. The van der Waals surface area contributed by atoms with Crippen LogP contribution < -0.4 is 16.0 Å². The summed E-state index contributed by atoms with van der Waals surface area (Å²) in [6.07, 6.45) is 19.6. The van der Waals surface area contributed by atoms with Gasteiger partial charge in [0.15, 0.2) is 0 Å². The van der Waals surface area contributed by atoms with Crippen LogP contribution in [0, 0.1) is 17.8 Å². The molecule has 0 saturated heterocycles. The Morgan fingerprint density at radius 3 is 1.10 bits per heavy atom. The first kappa shape index (κ1) is 25.5. The third kappa shape index (κ3) is 4.88. The van der Waals surface area contributed by atoms with E-state index in [9.17, 15) is 14.4 Å². The van der Waals surface area contributed by atoms with Crippen LogP contribution in [0.5, 0.6) is 0 Å². The molecule has 7 nitrogen and oxygen atoms in total. The van der Waals surface area contributed by atoms with E-state index in [0.717, 1.165) is 114 Å². The van der Waals surface area contributed by atoms with Gasteiger partial charge < -0.3 is 16.0 Å². The number of hydrogen-bond donors (Lipinski definition) is 3. The minimum atomic E-state index is -0.258. The molecule has 0 unspecified atom stereocenters. The number of fused-ring (bicyclic) bond motifs is 9. The molecule has 9 fully saturated rings. The number of nitrogens with zero attached hydrogens (tertiary/aromatic N) is 1. The molecule has 0 atom stereocenters. The van der Waals surface area contributed by atoms with Gasteiger partial charge in [0.05, 0.1) is 0 Å². The maximum Gasteiger partial charge on any atom is 0.270 e. The molecule has 0 spiro atoms. The van der Waals surface area contributed by atoms with Gasteiger partial charge in [0.25, 0.3) is 17.7 Å². The lowest BCUT2D eigenvalue weighted by molar-refractivity contribution is 0.0705. The van der Waals surface area contributed by atoms with Gasteiger partial charge in [-0.3, -0.25) is 14.4 Å². The average molecular weight is 533 g/mol. The third-order valence-electron chi connectivity index (χ3n) is 12.0. The molecule has 1 heterocycles. The van der Waals surface area contributed by atoms with Gasteiger partial charge in [-0.25, -0.2) is 4.98 Å². The number of hydrogen-bond acceptors (Lipinski definition) is 4. The summed E-state index contributed by atoms with van der Waals surface area (Å²) in [5, 5.41) is 9.98. The minimum absolute atomic E-state index is 0.153. The maximum atomic E-state index is 13.7. The molecule has 9 saturated carbocycles. The van der Waals surface area contributed by atoms with Crippen molar-refractivity contribution >= 4 is 17.7 Å². The van der Waals surface area contributed by atoms with E-state index in [1.165, 1.54) is 19.3 Å². The molecule has 0 radical (unpaired) electrons. The quantitative estimate of drug-likeness (QED) is 0.454. The molecule has 7 heteroatoms. The largest absolute Gasteiger partial charge is 0.347 e. The Kier molecular flexibility index (Phi) is 6.27. The zero-order valence-electron chi connectivity index (χ0n) is 23.3. The zero-order chi connectivity index (χ0) is 26.7. The Morgan fingerprint density at radius 1 is 0.513 bits per heavy atom. The van der Waals surface area contributed by atoms with Crippen LogP contribution in [0.15, 0.2) is 12.1 Å². The lowest BCUT2D eigenvalue weighted by Crippen LogP contribution is -2.55. The molecule has 3 amide bonds. The standard InChI is InChI=1S/C32H44N4O3/c37-27(34-30-10-1-21(2-11-30)3-12-30)24-19-25(28(38)35-31-13-4-22(5-14-31)6-15-31)33-26(20-24)29(39)36-32-16-7-23(8-17-32)9-18-32/h19-23H,1-18H2,(H,34,37)(H,35,38)(H,36,39). The van der Waals surface area contributed by atoms with E-state index >= 15 is 0 Å². The van der Waals surface area contributed by atoms with Crippen LogP contribution in [0.4, 0.5) is 0 Å². The highest BCUT2D eigenvalue weighted by Crippen LogP contribution is 2.46. The average Bonchev–Trinajstić information content (AvgIpc) is 2.99. The summed E-state index contributed by atoms with van der Waals surface area (Å²) < 4.78 is 0. The first-order valence-electron chi connectivity index (χ1n) is 15.8.